The summed E-state index contributed by atoms with van der Waals surface area (Å²) in [4.78, 5) is 2.49. The second-order valence-corrected chi connectivity index (χ2v) is 7.23. The Balaban J connectivity index is 2.24. The molecule has 1 aromatic carbocycles. The van der Waals surface area contributed by atoms with Crippen LogP contribution in [0, 0.1) is 5.92 Å². The van der Waals surface area contributed by atoms with Gasteiger partial charge in [-0.3, -0.25) is 0 Å². The van der Waals surface area contributed by atoms with Crippen LogP contribution in [0.3, 0.4) is 0 Å². The van der Waals surface area contributed by atoms with Crippen molar-refractivity contribution in [3.8, 4) is 0 Å². The highest BCUT2D eigenvalue weighted by molar-refractivity contribution is 7.89. The molecule has 0 bridgehead atoms. The van der Waals surface area contributed by atoms with Gasteiger partial charge in [-0.25, -0.2) is 13.6 Å². The second-order valence-electron chi connectivity index (χ2n) is 5.67. The minimum absolute atomic E-state index is 0.154. The third kappa shape index (κ3) is 3.75. The van der Waals surface area contributed by atoms with Crippen LogP contribution in [0.4, 0.5) is 5.69 Å². The Bertz CT molecular complexity index is 557. The molecule has 1 aliphatic carbocycles. The fourth-order valence-electron chi connectivity index (χ4n) is 3.31. The summed E-state index contributed by atoms with van der Waals surface area (Å²) >= 11 is 0. The van der Waals surface area contributed by atoms with Gasteiger partial charge in [0.05, 0.1) is 4.90 Å². The van der Waals surface area contributed by atoms with E-state index in [1.165, 1.54) is 19.3 Å². The van der Waals surface area contributed by atoms with Gasteiger partial charge in [0, 0.05) is 18.3 Å². The van der Waals surface area contributed by atoms with Gasteiger partial charge in [0.2, 0.25) is 10.0 Å². The van der Waals surface area contributed by atoms with Crippen molar-refractivity contribution in [1.29, 1.82) is 0 Å². The standard InChI is InChI=1S/C15H25N3O2S/c1-2-18(15-6-4-3-5-12(15)11-16)13-7-9-14(10-8-13)21(17,19)20/h7-10,12,15H,2-6,11,16H2,1H3,(H2,17,19,20). The third-order valence-electron chi connectivity index (χ3n) is 4.41. The number of hydrogen-bond acceptors (Lipinski definition) is 4. The lowest BCUT2D eigenvalue weighted by Crippen LogP contribution is -2.45. The van der Waals surface area contributed by atoms with E-state index in [2.05, 4.69) is 11.8 Å². The number of hydrogen-bond donors (Lipinski definition) is 2. The summed E-state index contributed by atoms with van der Waals surface area (Å²) in [6, 6.07) is 7.27. The minimum atomic E-state index is -3.63. The Morgan fingerprint density at radius 2 is 1.81 bits per heavy atom. The van der Waals surface area contributed by atoms with E-state index in [9.17, 15) is 8.42 Å². The highest BCUT2D eigenvalue weighted by atomic mass is 32.2. The molecule has 1 saturated carbocycles. The normalized spacial score (nSPS) is 23.0. The molecule has 0 radical (unpaired) electrons. The zero-order chi connectivity index (χ0) is 15.5. The van der Waals surface area contributed by atoms with E-state index in [4.69, 9.17) is 10.9 Å². The van der Waals surface area contributed by atoms with Gasteiger partial charge in [-0.05, 0) is 56.5 Å². The molecule has 1 fully saturated rings. The van der Waals surface area contributed by atoms with Gasteiger partial charge >= 0.3 is 0 Å². The first-order valence-corrected chi connectivity index (χ1v) is 9.11. The van der Waals surface area contributed by atoms with Crippen LogP contribution in [-0.4, -0.2) is 27.5 Å². The van der Waals surface area contributed by atoms with Gasteiger partial charge in [-0.2, -0.15) is 0 Å². The van der Waals surface area contributed by atoms with Crippen molar-refractivity contribution >= 4 is 15.7 Å². The van der Waals surface area contributed by atoms with Crippen molar-refractivity contribution in [2.24, 2.45) is 16.8 Å². The summed E-state index contributed by atoms with van der Waals surface area (Å²) in [5.41, 5.74) is 6.96. The van der Waals surface area contributed by atoms with Crippen LogP contribution in [-0.2, 0) is 10.0 Å². The maximum atomic E-state index is 11.3. The fraction of sp³-hybridized carbons (Fsp3) is 0.600. The Morgan fingerprint density at radius 1 is 1.19 bits per heavy atom. The molecule has 2 unspecified atom stereocenters. The zero-order valence-electron chi connectivity index (χ0n) is 12.5. The number of nitrogens with two attached hydrogens (primary N) is 2. The first kappa shape index (κ1) is 16.3. The van der Waals surface area contributed by atoms with Crippen molar-refractivity contribution < 1.29 is 8.42 Å². The van der Waals surface area contributed by atoms with E-state index >= 15 is 0 Å². The molecule has 0 aromatic heterocycles. The van der Waals surface area contributed by atoms with Crippen LogP contribution in [0.1, 0.15) is 32.6 Å². The number of anilines is 1. The van der Waals surface area contributed by atoms with Gasteiger partial charge in [0.25, 0.3) is 0 Å². The quantitative estimate of drug-likeness (QED) is 0.865. The molecule has 5 nitrogen and oxygen atoms in total. The van der Waals surface area contributed by atoms with Gasteiger partial charge in [-0.15, -0.1) is 0 Å². The smallest absolute Gasteiger partial charge is 0.238 e. The van der Waals surface area contributed by atoms with Gasteiger partial charge in [0.1, 0.15) is 0 Å². The van der Waals surface area contributed by atoms with Crippen LogP contribution in [0.15, 0.2) is 29.2 Å². The zero-order valence-corrected chi connectivity index (χ0v) is 13.3. The van der Waals surface area contributed by atoms with Crippen LogP contribution in [0.5, 0.6) is 0 Å². The lowest BCUT2D eigenvalue weighted by Gasteiger charge is -2.40. The van der Waals surface area contributed by atoms with Crippen molar-refractivity contribution in [3.63, 3.8) is 0 Å². The Labute approximate surface area is 127 Å². The molecule has 0 aliphatic heterocycles. The monoisotopic (exact) mass is 311 g/mol. The van der Waals surface area contributed by atoms with Crippen molar-refractivity contribution in [3.05, 3.63) is 24.3 Å². The molecule has 0 heterocycles. The Morgan fingerprint density at radius 3 is 2.33 bits per heavy atom. The molecule has 1 aromatic rings. The first-order chi connectivity index (χ1) is 9.97. The van der Waals surface area contributed by atoms with Crippen LogP contribution in [0.2, 0.25) is 0 Å². The van der Waals surface area contributed by atoms with Crippen molar-refractivity contribution in [1.82, 2.24) is 0 Å². The van der Waals surface area contributed by atoms with E-state index < -0.39 is 10.0 Å². The number of nitrogens with zero attached hydrogens (tertiary/aromatic N) is 1. The third-order valence-corrected chi connectivity index (χ3v) is 5.34. The van der Waals surface area contributed by atoms with E-state index in [-0.39, 0.29) is 4.90 Å². The van der Waals surface area contributed by atoms with Gasteiger partial charge < -0.3 is 10.6 Å². The highest BCUT2D eigenvalue weighted by Gasteiger charge is 2.28. The summed E-state index contributed by atoms with van der Waals surface area (Å²) in [7, 11) is -3.63. The molecule has 0 saturated heterocycles. The molecule has 0 spiro atoms. The lowest BCUT2D eigenvalue weighted by molar-refractivity contribution is 0.300. The molecule has 1 aliphatic rings. The number of benzene rings is 1. The Kier molecular flexibility index (Phi) is 5.24. The number of primary sulfonamides is 1. The fourth-order valence-corrected chi connectivity index (χ4v) is 3.82. The predicted molar refractivity (Wildman–Crippen MR) is 85.6 cm³/mol. The molecule has 6 heteroatoms. The van der Waals surface area contributed by atoms with E-state index in [1.807, 2.05) is 12.1 Å². The summed E-state index contributed by atoms with van der Waals surface area (Å²) in [5.74, 6) is 0.511. The van der Waals surface area contributed by atoms with E-state index in [0.717, 1.165) is 18.7 Å². The molecule has 0 amide bonds. The summed E-state index contributed by atoms with van der Waals surface area (Å²) in [5, 5.41) is 5.14. The molecule has 118 valence electrons. The average molecular weight is 311 g/mol. The topological polar surface area (TPSA) is 89.4 Å². The van der Waals surface area contributed by atoms with Crippen molar-refractivity contribution in [2.75, 3.05) is 18.0 Å². The van der Waals surface area contributed by atoms with Crippen LogP contribution in [0.25, 0.3) is 0 Å². The van der Waals surface area contributed by atoms with E-state index in [1.54, 1.807) is 12.1 Å². The highest BCUT2D eigenvalue weighted by Crippen LogP contribution is 2.31. The Hall–Kier alpha value is -1.11. The molecular formula is C15H25N3O2S. The largest absolute Gasteiger partial charge is 0.368 e. The predicted octanol–water partition coefficient (Wildman–Crippen LogP) is 1.68. The average Bonchev–Trinajstić information content (AvgIpc) is 2.48. The maximum absolute atomic E-state index is 11.3. The maximum Gasteiger partial charge on any atom is 0.238 e. The molecule has 2 atom stereocenters. The molecule has 4 N–H and O–H groups in total. The lowest BCUT2D eigenvalue weighted by atomic mass is 9.83. The number of rotatable bonds is 5. The second kappa shape index (κ2) is 6.77. The molecule has 2 rings (SSSR count). The van der Waals surface area contributed by atoms with Crippen LogP contribution >= 0.6 is 0 Å². The number of sulfonamides is 1. The first-order valence-electron chi connectivity index (χ1n) is 7.57. The summed E-state index contributed by atoms with van der Waals surface area (Å²) < 4.78 is 22.7. The van der Waals surface area contributed by atoms with Crippen molar-refractivity contribution in [2.45, 2.75) is 43.5 Å². The SMILES string of the molecule is CCN(c1ccc(S(N)(=O)=O)cc1)C1CCCCC1CN. The van der Waals surface area contributed by atoms with Gasteiger partial charge in [0.15, 0.2) is 0 Å². The van der Waals surface area contributed by atoms with E-state index in [0.29, 0.717) is 18.5 Å². The molecule has 21 heavy (non-hydrogen) atoms. The van der Waals surface area contributed by atoms with Gasteiger partial charge in [-0.1, -0.05) is 12.8 Å². The minimum Gasteiger partial charge on any atom is -0.368 e. The summed E-state index contributed by atoms with van der Waals surface area (Å²) in [6.07, 6.45) is 4.80. The van der Waals surface area contributed by atoms with Crippen LogP contribution < -0.4 is 15.8 Å². The molecular weight excluding hydrogens is 286 g/mol. The summed E-state index contributed by atoms with van der Waals surface area (Å²) in [6.45, 7) is 3.71.